The maximum Gasteiger partial charge on any atom is 0.228 e. The summed E-state index contributed by atoms with van der Waals surface area (Å²) < 4.78 is 5.36. The summed E-state index contributed by atoms with van der Waals surface area (Å²) in [7, 11) is 0. The molecule has 0 aromatic carbocycles. The summed E-state index contributed by atoms with van der Waals surface area (Å²) in [5, 5.41) is 0. The highest BCUT2D eigenvalue weighted by Gasteiger charge is 2.30. The average Bonchev–Trinajstić information content (AvgIpc) is 3.34. The lowest BCUT2D eigenvalue weighted by atomic mass is 10.1. The number of carbonyl (C=O) groups excluding carboxylic acids is 1. The van der Waals surface area contributed by atoms with Crippen LogP contribution in [0, 0.1) is 12.8 Å². The number of carbonyl (C=O) groups is 1. The Balaban J connectivity index is 1.41. The van der Waals surface area contributed by atoms with E-state index in [4.69, 9.17) is 4.74 Å². The lowest BCUT2D eigenvalue weighted by Gasteiger charge is -2.36. The van der Waals surface area contributed by atoms with E-state index < -0.39 is 0 Å². The molecule has 3 aliphatic rings. The number of rotatable bonds is 3. The van der Waals surface area contributed by atoms with Crippen LogP contribution in [0.5, 0.6) is 0 Å². The smallest absolute Gasteiger partial charge is 0.228 e. The number of amides is 1. The van der Waals surface area contributed by atoms with Crippen LogP contribution in [0.15, 0.2) is 6.07 Å². The van der Waals surface area contributed by atoms with Gasteiger partial charge in [-0.25, -0.2) is 9.97 Å². The van der Waals surface area contributed by atoms with E-state index in [-0.39, 0.29) is 11.8 Å². The number of nitrogens with zero attached hydrogens (tertiary/aromatic N) is 5. The first-order chi connectivity index (χ1) is 12.2. The van der Waals surface area contributed by atoms with Crippen molar-refractivity contribution in [3.8, 4) is 0 Å². The maximum absolute atomic E-state index is 12.5. The number of aromatic nitrogens is 2. The Labute approximate surface area is 149 Å². The highest BCUT2D eigenvalue weighted by Crippen LogP contribution is 2.24. The normalized spacial score (nSPS) is 24.2. The van der Waals surface area contributed by atoms with Gasteiger partial charge in [0.25, 0.3) is 0 Å². The first-order valence-electron chi connectivity index (χ1n) is 9.43. The Morgan fingerprint density at radius 2 is 1.68 bits per heavy atom. The molecule has 7 heteroatoms. The molecule has 7 nitrogen and oxygen atoms in total. The monoisotopic (exact) mass is 345 g/mol. The molecule has 1 aromatic heterocycles. The summed E-state index contributed by atoms with van der Waals surface area (Å²) in [5.74, 6) is 3.18. The van der Waals surface area contributed by atoms with E-state index in [1.54, 1.807) is 0 Å². The molecular formula is C18H27N5O2. The highest BCUT2D eigenvalue weighted by molar-refractivity contribution is 5.79. The molecule has 3 saturated heterocycles. The number of aryl methyl sites for hydroxylation is 1. The molecule has 136 valence electrons. The number of piperazine rings is 1. The predicted molar refractivity (Wildman–Crippen MR) is 95.9 cm³/mol. The van der Waals surface area contributed by atoms with Gasteiger partial charge in [0.2, 0.25) is 5.91 Å². The molecule has 3 aliphatic heterocycles. The molecule has 0 N–H and O–H groups in total. The van der Waals surface area contributed by atoms with Crippen LogP contribution >= 0.6 is 0 Å². The molecular weight excluding hydrogens is 318 g/mol. The quantitative estimate of drug-likeness (QED) is 0.817. The van der Waals surface area contributed by atoms with Crippen LogP contribution in [0.25, 0.3) is 0 Å². The maximum atomic E-state index is 12.5. The molecule has 1 atom stereocenters. The number of ether oxygens (including phenoxy) is 1. The molecule has 0 saturated carbocycles. The molecule has 0 bridgehead atoms. The Kier molecular flexibility index (Phi) is 4.74. The Hall–Kier alpha value is -1.89. The van der Waals surface area contributed by atoms with Crippen molar-refractivity contribution in [2.45, 2.75) is 26.2 Å². The van der Waals surface area contributed by atoms with E-state index in [9.17, 15) is 4.79 Å². The van der Waals surface area contributed by atoms with Crippen molar-refractivity contribution in [2.24, 2.45) is 5.92 Å². The summed E-state index contributed by atoms with van der Waals surface area (Å²) in [6.07, 6.45) is 3.34. The van der Waals surface area contributed by atoms with E-state index >= 15 is 0 Å². The van der Waals surface area contributed by atoms with Crippen molar-refractivity contribution in [1.82, 2.24) is 14.9 Å². The van der Waals surface area contributed by atoms with Crippen molar-refractivity contribution < 1.29 is 9.53 Å². The molecule has 1 amide bonds. The topological polar surface area (TPSA) is 61.8 Å². The van der Waals surface area contributed by atoms with Gasteiger partial charge in [0.15, 0.2) is 0 Å². The average molecular weight is 345 g/mol. The second-order valence-electron chi connectivity index (χ2n) is 7.20. The molecule has 1 unspecified atom stereocenters. The van der Waals surface area contributed by atoms with Crippen LogP contribution in [0.3, 0.4) is 0 Å². The van der Waals surface area contributed by atoms with Crippen molar-refractivity contribution in [2.75, 3.05) is 62.3 Å². The van der Waals surface area contributed by atoms with Crippen molar-refractivity contribution in [3.05, 3.63) is 11.9 Å². The zero-order chi connectivity index (χ0) is 17.2. The van der Waals surface area contributed by atoms with Crippen LogP contribution in [0.1, 0.15) is 25.1 Å². The molecule has 4 rings (SSSR count). The zero-order valence-electron chi connectivity index (χ0n) is 15.0. The van der Waals surface area contributed by atoms with E-state index in [0.29, 0.717) is 6.61 Å². The van der Waals surface area contributed by atoms with E-state index in [1.165, 1.54) is 12.8 Å². The third-order valence-corrected chi connectivity index (χ3v) is 5.44. The molecule has 0 radical (unpaired) electrons. The first kappa shape index (κ1) is 16.6. The molecule has 1 aromatic rings. The zero-order valence-corrected chi connectivity index (χ0v) is 15.0. The summed E-state index contributed by atoms with van der Waals surface area (Å²) >= 11 is 0. The first-order valence-corrected chi connectivity index (χ1v) is 9.43. The molecule has 0 aliphatic carbocycles. The van der Waals surface area contributed by atoms with Gasteiger partial charge in [0.05, 0.1) is 12.5 Å². The fraction of sp³-hybridized carbons (Fsp3) is 0.722. The minimum absolute atomic E-state index is 0.0645. The molecule has 0 spiro atoms. The minimum Gasteiger partial charge on any atom is -0.381 e. The summed E-state index contributed by atoms with van der Waals surface area (Å²) in [4.78, 5) is 28.4. The van der Waals surface area contributed by atoms with E-state index in [2.05, 4.69) is 25.8 Å². The fourth-order valence-electron chi connectivity index (χ4n) is 3.95. The van der Waals surface area contributed by atoms with Crippen LogP contribution < -0.4 is 9.80 Å². The second kappa shape index (κ2) is 7.15. The van der Waals surface area contributed by atoms with Crippen LogP contribution in [0.4, 0.5) is 11.6 Å². The minimum atomic E-state index is 0.0645. The van der Waals surface area contributed by atoms with Crippen molar-refractivity contribution >= 4 is 17.5 Å². The van der Waals surface area contributed by atoms with E-state index in [0.717, 1.165) is 69.8 Å². The van der Waals surface area contributed by atoms with E-state index in [1.807, 2.05) is 11.8 Å². The standard InChI is InChI=1S/C18H27N5O2/c1-14-19-16(21-5-2-3-6-21)12-17(20-14)22-7-9-23(10-8-22)18(24)15-4-11-25-13-15/h12,15H,2-11,13H2,1H3. The van der Waals surface area contributed by atoms with Crippen LogP contribution in [-0.4, -0.2) is 73.3 Å². The van der Waals surface area contributed by atoms with Crippen LogP contribution in [0.2, 0.25) is 0 Å². The molecule has 3 fully saturated rings. The lowest BCUT2D eigenvalue weighted by Crippen LogP contribution is -2.50. The summed E-state index contributed by atoms with van der Waals surface area (Å²) in [6, 6.07) is 2.11. The van der Waals surface area contributed by atoms with Gasteiger partial charge in [-0.05, 0) is 26.2 Å². The third kappa shape index (κ3) is 3.56. The van der Waals surface area contributed by atoms with Gasteiger partial charge >= 0.3 is 0 Å². The van der Waals surface area contributed by atoms with Gasteiger partial charge in [0, 0.05) is 51.9 Å². The van der Waals surface area contributed by atoms with Gasteiger partial charge in [-0.1, -0.05) is 0 Å². The fourth-order valence-corrected chi connectivity index (χ4v) is 3.95. The van der Waals surface area contributed by atoms with Crippen LogP contribution in [-0.2, 0) is 9.53 Å². The Bertz CT molecular complexity index is 618. The lowest BCUT2D eigenvalue weighted by molar-refractivity contribution is -0.135. The third-order valence-electron chi connectivity index (χ3n) is 5.44. The molecule has 25 heavy (non-hydrogen) atoms. The van der Waals surface area contributed by atoms with Gasteiger partial charge in [-0.3, -0.25) is 4.79 Å². The molecule has 4 heterocycles. The van der Waals surface area contributed by atoms with Gasteiger partial charge in [-0.15, -0.1) is 0 Å². The summed E-state index contributed by atoms with van der Waals surface area (Å²) in [6.45, 7) is 8.62. The van der Waals surface area contributed by atoms with Crippen molar-refractivity contribution in [3.63, 3.8) is 0 Å². The van der Waals surface area contributed by atoms with Gasteiger partial charge in [0.1, 0.15) is 17.5 Å². The summed E-state index contributed by atoms with van der Waals surface area (Å²) in [5.41, 5.74) is 0. The van der Waals surface area contributed by atoms with Gasteiger partial charge < -0.3 is 19.4 Å². The second-order valence-corrected chi connectivity index (χ2v) is 7.20. The van der Waals surface area contributed by atoms with Crippen molar-refractivity contribution in [1.29, 1.82) is 0 Å². The number of hydrogen-bond acceptors (Lipinski definition) is 6. The number of anilines is 2. The predicted octanol–water partition coefficient (Wildman–Crippen LogP) is 1.07. The number of hydrogen-bond donors (Lipinski definition) is 0. The Morgan fingerprint density at radius 3 is 2.28 bits per heavy atom. The SMILES string of the molecule is Cc1nc(N2CCCC2)cc(N2CCN(C(=O)C3CCOC3)CC2)n1. The Morgan fingerprint density at radius 1 is 1.04 bits per heavy atom. The highest BCUT2D eigenvalue weighted by atomic mass is 16.5. The largest absolute Gasteiger partial charge is 0.381 e. The van der Waals surface area contributed by atoms with Gasteiger partial charge in [-0.2, -0.15) is 0 Å².